The fourth-order valence-electron chi connectivity index (χ4n) is 2.40. The Morgan fingerprint density at radius 2 is 1.48 bits per heavy atom. The molecular weight excluding hydrogens is 312 g/mol. The minimum atomic E-state index is 0.109. The van der Waals surface area contributed by atoms with Crippen LogP contribution in [0.25, 0.3) is 5.57 Å². The summed E-state index contributed by atoms with van der Waals surface area (Å²) in [7, 11) is 0. The van der Waals surface area contributed by atoms with Crippen LogP contribution in [0.5, 0.6) is 0 Å². The quantitative estimate of drug-likeness (QED) is 0.477. The van der Waals surface area contributed by atoms with Gasteiger partial charge in [-0.2, -0.15) is 0 Å². The minimum absolute atomic E-state index is 0.109. The predicted octanol–water partition coefficient (Wildman–Crippen LogP) is 5.41. The highest BCUT2D eigenvalue weighted by Gasteiger charge is 2.17. The molecule has 3 rings (SSSR count). The van der Waals surface area contributed by atoms with Gasteiger partial charge in [-0.3, -0.25) is 0 Å². The second-order valence-corrected chi connectivity index (χ2v) is 6.28. The van der Waals surface area contributed by atoms with E-state index in [1.54, 1.807) is 0 Å². The van der Waals surface area contributed by atoms with Gasteiger partial charge in [0.15, 0.2) is 0 Å². The number of hydrogen-bond acceptors (Lipinski definition) is 3. The first-order valence-corrected chi connectivity index (χ1v) is 7.95. The molecule has 0 saturated heterocycles. The van der Waals surface area contributed by atoms with Gasteiger partial charge in [0.1, 0.15) is 0 Å². The summed E-state index contributed by atoms with van der Waals surface area (Å²) in [6.45, 7) is 0. The van der Waals surface area contributed by atoms with E-state index in [2.05, 4.69) is 61.8 Å². The topological polar surface area (TPSA) is 0 Å². The summed E-state index contributed by atoms with van der Waals surface area (Å²) < 4.78 is 0. The number of rotatable bonds is 2. The lowest BCUT2D eigenvalue weighted by atomic mass is 9.92. The van der Waals surface area contributed by atoms with E-state index in [1.807, 2.05) is 42.5 Å². The van der Waals surface area contributed by atoms with Crippen molar-refractivity contribution in [3.05, 3.63) is 82.4 Å². The Hall–Kier alpha value is -1.25. The maximum absolute atomic E-state index is 4.63. The number of hydrogen-bond donors (Lipinski definition) is 3. The third kappa shape index (κ3) is 3.02. The van der Waals surface area contributed by atoms with Crippen LogP contribution in [0.3, 0.4) is 0 Å². The van der Waals surface area contributed by atoms with Crippen molar-refractivity contribution in [2.45, 2.75) is 15.7 Å². The Kier molecular flexibility index (Phi) is 4.37. The van der Waals surface area contributed by atoms with E-state index < -0.39 is 0 Å². The van der Waals surface area contributed by atoms with Gasteiger partial charge in [0, 0.05) is 31.8 Å². The smallest absolute Gasteiger partial charge is 0.0415 e. The van der Waals surface area contributed by atoms with Crippen LogP contribution in [0.2, 0.25) is 0 Å². The van der Waals surface area contributed by atoms with E-state index in [0.29, 0.717) is 0 Å². The van der Waals surface area contributed by atoms with Crippen LogP contribution < -0.4 is 0 Å². The lowest BCUT2D eigenvalue weighted by Crippen LogP contribution is -2.00. The summed E-state index contributed by atoms with van der Waals surface area (Å²) in [5, 5.41) is 0. The van der Waals surface area contributed by atoms with Crippen LogP contribution in [-0.4, -0.2) is 0 Å². The van der Waals surface area contributed by atoms with Crippen molar-refractivity contribution in [1.29, 1.82) is 0 Å². The molecule has 0 aromatic heterocycles. The average molecular weight is 327 g/mol. The molecule has 0 amide bonds. The van der Waals surface area contributed by atoms with Crippen molar-refractivity contribution in [1.82, 2.24) is 0 Å². The standard InChI is InChI=1S/C18H14S3/c19-16-7-3-1-5-13(16)12-9-10-15(18(21)11-12)14-6-2-4-8-17(14)20/h1-10,15,19-21H. The van der Waals surface area contributed by atoms with Gasteiger partial charge in [0.25, 0.3) is 0 Å². The van der Waals surface area contributed by atoms with Crippen LogP contribution >= 0.6 is 37.9 Å². The first kappa shape index (κ1) is 14.7. The monoisotopic (exact) mass is 326 g/mol. The molecule has 0 aliphatic heterocycles. The molecule has 104 valence electrons. The Bertz CT molecular complexity index is 781. The van der Waals surface area contributed by atoms with Crippen LogP contribution in [0.1, 0.15) is 17.0 Å². The molecule has 1 atom stereocenters. The molecule has 2 aromatic rings. The molecule has 0 nitrogen and oxygen atoms in total. The van der Waals surface area contributed by atoms with E-state index in [0.717, 1.165) is 31.4 Å². The van der Waals surface area contributed by atoms with Crippen molar-refractivity contribution < 1.29 is 0 Å². The van der Waals surface area contributed by atoms with E-state index in [1.165, 1.54) is 0 Å². The lowest BCUT2D eigenvalue weighted by molar-refractivity contribution is 1.02. The maximum Gasteiger partial charge on any atom is 0.0415 e. The average Bonchev–Trinajstić information content (AvgIpc) is 2.49. The van der Waals surface area contributed by atoms with E-state index in [4.69, 9.17) is 0 Å². The van der Waals surface area contributed by atoms with Crippen LogP contribution in [0.15, 0.2) is 81.1 Å². The molecule has 0 N–H and O–H groups in total. The van der Waals surface area contributed by atoms with E-state index >= 15 is 0 Å². The van der Waals surface area contributed by atoms with Gasteiger partial charge < -0.3 is 0 Å². The second-order valence-electron chi connectivity index (χ2n) is 4.84. The zero-order chi connectivity index (χ0) is 14.8. The van der Waals surface area contributed by atoms with Crippen molar-refractivity contribution in [3.8, 4) is 0 Å². The van der Waals surface area contributed by atoms with Gasteiger partial charge in [0.05, 0.1) is 0 Å². The highest BCUT2D eigenvalue weighted by molar-refractivity contribution is 7.84. The Labute approximate surface area is 141 Å². The molecule has 2 aromatic carbocycles. The van der Waals surface area contributed by atoms with E-state index in [-0.39, 0.29) is 5.92 Å². The second kappa shape index (κ2) is 6.25. The molecule has 21 heavy (non-hydrogen) atoms. The molecule has 0 heterocycles. The maximum atomic E-state index is 4.63. The molecule has 0 spiro atoms. The van der Waals surface area contributed by atoms with Crippen LogP contribution in [0.4, 0.5) is 0 Å². The zero-order valence-electron chi connectivity index (χ0n) is 11.2. The Morgan fingerprint density at radius 3 is 2.14 bits per heavy atom. The van der Waals surface area contributed by atoms with Crippen LogP contribution in [0, 0.1) is 0 Å². The largest absolute Gasteiger partial charge is 0.143 e. The van der Waals surface area contributed by atoms with Crippen molar-refractivity contribution in [3.63, 3.8) is 0 Å². The first-order valence-electron chi connectivity index (χ1n) is 6.61. The number of benzene rings is 2. The number of allylic oxidation sites excluding steroid dienone is 3. The van der Waals surface area contributed by atoms with Gasteiger partial charge in [-0.05, 0) is 23.8 Å². The van der Waals surface area contributed by atoms with Crippen molar-refractivity contribution in [2.75, 3.05) is 0 Å². The third-order valence-electron chi connectivity index (χ3n) is 3.48. The molecule has 1 unspecified atom stereocenters. The molecule has 1 aliphatic rings. The lowest BCUT2D eigenvalue weighted by Gasteiger charge is -2.18. The highest BCUT2D eigenvalue weighted by atomic mass is 32.1. The van der Waals surface area contributed by atoms with Gasteiger partial charge in [0.2, 0.25) is 0 Å². The van der Waals surface area contributed by atoms with Gasteiger partial charge >= 0.3 is 0 Å². The normalized spacial score (nSPS) is 17.4. The van der Waals surface area contributed by atoms with Gasteiger partial charge in [-0.25, -0.2) is 0 Å². The molecule has 0 fully saturated rings. The molecule has 0 saturated carbocycles. The first-order chi connectivity index (χ1) is 10.2. The molecular formula is C18H14S3. The number of thiol groups is 3. The summed E-state index contributed by atoms with van der Waals surface area (Å²) in [4.78, 5) is 2.81. The highest BCUT2D eigenvalue weighted by Crippen LogP contribution is 2.36. The van der Waals surface area contributed by atoms with E-state index in [9.17, 15) is 0 Å². The fourth-order valence-corrected chi connectivity index (χ4v) is 3.33. The predicted molar refractivity (Wildman–Crippen MR) is 98.7 cm³/mol. The summed E-state index contributed by atoms with van der Waals surface area (Å²) in [5.74, 6) is 0.109. The Morgan fingerprint density at radius 1 is 0.810 bits per heavy atom. The molecule has 3 heteroatoms. The zero-order valence-corrected chi connectivity index (χ0v) is 13.9. The molecule has 0 bridgehead atoms. The van der Waals surface area contributed by atoms with Gasteiger partial charge in [-0.15, -0.1) is 43.6 Å². The van der Waals surface area contributed by atoms with Crippen molar-refractivity contribution in [2.24, 2.45) is 0 Å². The third-order valence-corrected chi connectivity index (χ3v) is 4.67. The fraction of sp³-hybridized carbons (Fsp3) is 0.0556. The van der Waals surface area contributed by atoms with Crippen LogP contribution in [-0.2, 0) is 0 Å². The molecule has 1 aliphatic carbocycles. The summed E-state index contributed by atoms with van der Waals surface area (Å²) in [5.41, 5.74) is 6.61. The summed E-state index contributed by atoms with van der Waals surface area (Å²) in [6, 6.07) is 16.1. The SMILES string of the molecule is SC1=C=C(c2ccccc2S)C=CC1c1ccccc1S. The summed E-state index contributed by atoms with van der Waals surface area (Å²) >= 11 is 13.7. The van der Waals surface area contributed by atoms with Gasteiger partial charge in [-0.1, -0.05) is 42.5 Å². The summed E-state index contributed by atoms with van der Waals surface area (Å²) in [6.07, 6.45) is 4.23. The van der Waals surface area contributed by atoms with Crippen molar-refractivity contribution >= 4 is 43.5 Å². The Balaban J connectivity index is 2.06. The minimum Gasteiger partial charge on any atom is -0.143 e. The molecule has 0 radical (unpaired) electrons.